The Morgan fingerprint density at radius 3 is 2.79 bits per heavy atom. The van der Waals surface area contributed by atoms with E-state index in [0.717, 1.165) is 12.8 Å². The molecule has 0 radical (unpaired) electrons. The summed E-state index contributed by atoms with van der Waals surface area (Å²) in [6, 6.07) is 7.68. The molecular weight excluding hydrogens is 308 g/mol. The third-order valence-electron chi connectivity index (χ3n) is 4.01. The summed E-state index contributed by atoms with van der Waals surface area (Å²) in [5.41, 5.74) is 0.561. The van der Waals surface area contributed by atoms with Crippen LogP contribution in [0.1, 0.15) is 42.1 Å². The van der Waals surface area contributed by atoms with Gasteiger partial charge in [0.2, 0.25) is 5.78 Å². The van der Waals surface area contributed by atoms with Crippen molar-refractivity contribution in [3.8, 4) is 0 Å². The maximum Gasteiger partial charge on any atom is 0.290 e. The molecule has 0 saturated heterocycles. The Kier molecular flexibility index (Phi) is 4.46. The van der Waals surface area contributed by atoms with Gasteiger partial charge in [-0.15, -0.1) is 0 Å². The van der Waals surface area contributed by atoms with E-state index >= 15 is 0 Å². The van der Waals surface area contributed by atoms with Crippen LogP contribution in [0.3, 0.4) is 0 Å². The lowest BCUT2D eigenvalue weighted by molar-refractivity contribution is -0.129. The van der Waals surface area contributed by atoms with Crippen molar-refractivity contribution < 1.29 is 19.1 Å². The summed E-state index contributed by atoms with van der Waals surface area (Å²) in [6.07, 6.45) is 4.64. The number of aromatic nitrogens is 1. The highest BCUT2D eigenvalue weighted by atomic mass is 16.3. The first-order valence-corrected chi connectivity index (χ1v) is 7.88. The summed E-state index contributed by atoms with van der Waals surface area (Å²) in [7, 11) is 0. The van der Waals surface area contributed by atoms with Crippen molar-refractivity contribution in [1.82, 2.24) is 9.88 Å². The number of furan rings is 1. The molecule has 0 bridgehead atoms. The van der Waals surface area contributed by atoms with Crippen molar-refractivity contribution in [2.45, 2.75) is 25.8 Å². The quantitative estimate of drug-likeness (QED) is 0.825. The number of aliphatic hydroxyl groups is 1. The van der Waals surface area contributed by atoms with E-state index in [1.54, 1.807) is 30.5 Å². The highest BCUT2D eigenvalue weighted by molar-refractivity contribution is 6.14. The molecule has 0 saturated carbocycles. The van der Waals surface area contributed by atoms with E-state index < -0.39 is 23.5 Å². The average molecular weight is 326 g/mol. The van der Waals surface area contributed by atoms with Gasteiger partial charge in [0.05, 0.1) is 17.5 Å². The van der Waals surface area contributed by atoms with Gasteiger partial charge in [-0.2, -0.15) is 0 Å². The summed E-state index contributed by atoms with van der Waals surface area (Å²) < 4.78 is 5.15. The zero-order valence-electron chi connectivity index (χ0n) is 13.3. The normalized spacial score (nSPS) is 17.6. The Labute approximate surface area is 139 Å². The molecule has 3 rings (SSSR count). The van der Waals surface area contributed by atoms with Crippen LogP contribution < -0.4 is 0 Å². The summed E-state index contributed by atoms with van der Waals surface area (Å²) in [5, 5.41) is 10.3. The highest BCUT2D eigenvalue weighted by Crippen LogP contribution is 2.38. The molecule has 1 aliphatic heterocycles. The predicted molar refractivity (Wildman–Crippen MR) is 86.3 cm³/mol. The molecular formula is C18H18N2O4. The molecule has 0 aliphatic carbocycles. The monoisotopic (exact) mass is 326 g/mol. The lowest BCUT2D eigenvalue weighted by atomic mass is 9.98. The number of carbonyl (C=O) groups excluding carboxylic acids is 2. The first-order chi connectivity index (χ1) is 11.6. The minimum absolute atomic E-state index is 0.0183. The van der Waals surface area contributed by atoms with Crippen molar-refractivity contribution in [1.29, 1.82) is 0 Å². The standard InChI is InChI=1S/C18H18N2O4/c1-2-3-10-20-15(12-7-4-5-9-19-12)14(17(22)18(20)23)16(21)13-8-6-11-24-13/h4-9,11,15,22H,2-3,10H2,1H3. The number of unbranched alkanes of at least 4 members (excludes halogenated alkanes) is 1. The number of pyridine rings is 1. The number of Topliss-reactive ketones (excluding diaryl/α,β-unsaturated/α-hetero) is 1. The number of amides is 1. The SMILES string of the molecule is CCCCN1C(=O)C(O)=C(C(=O)c2ccco2)C1c1ccccn1. The van der Waals surface area contributed by atoms with Crippen molar-refractivity contribution >= 4 is 11.7 Å². The van der Waals surface area contributed by atoms with Crippen LogP contribution in [0.15, 0.2) is 58.5 Å². The van der Waals surface area contributed by atoms with E-state index in [1.165, 1.54) is 17.2 Å². The molecule has 1 atom stereocenters. The fourth-order valence-corrected chi connectivity index (χ4v) is 2.83. The smallest absolute Gasteiger partial charge is 0.290 e. The van der Waals surface area contributed by atoms with Gasteiger partial charge in [-0.05, 0) is 30.7 Å². The van der Waals surface area contributed by atoms with Crippen molar-refractivity contribution in [2.75, 3.05) is 6.54 Å². The molecule has 124 valence electrons. The van der Waals surface area contributed by atoms with Crippen LogP contribution in [0.5, 0.6) is 0 Å². The minimum Gasteiger partial charge on any atom is -0.503 e. The van der Waals surface area contributed by atoms with E-state index in [2.05, 4.69) is 4.98 Å². The Morgan fingerprint density at radius 2 is 2.17 bits per heavy atom. The molecule has 6 heteroatoms. The van der Waals surface area contributed by atoms with Crippen LogP contribution in [0.2, 0.25) is 0 Å². The molecule has 1 amide bonds. The minimum atomic E-state index is -0.706. The molecule has 3 heterocycles. The van der Waals surface area contributed by atoms with Gasteiger partial charge in [0.15, 0.2) is 11.5 Å². The van der Waals surface area contributed by atoms with Crippen molar-refractivity contribution in [3.05, 3.63) is 65.6 Å². The van der Waals surface area contributed by atoms with Crippen molar-refractivity contribution in [3.63, 3.8) is 0 Å². The number of aliphatic hydroxyl groups excluding tert-OH is 1. The van der Waals surface area contributed by atoms with E-state index in [0.29, 0.717) is 12.2 Å². The van der Waals surface area contributed by atoms with Gasteiger partial charge in [-0.3, -0.25) is 14.6 Å². The molecule has 1 aliphatic rings. The molecule has 1 unspecified atom stereocenters. The zero-order valence-corrected chi connectivity index (χ0v) is 13.3. The number of ketones is 1. The number of rotatable bonds is 6. The lowest BCUT2D eigenvalue weighted by Gasteiger charge is -2.25. The van der Waals surface area contributed by atoms with Gasteiger partial charge in [-0.1, -0.05) is 19.4 Å². The van der Waals surface area contributed by atoms with Gasteiger partial charge < -0.3 is 14.4 Å². The Hall–Kier alpha value is -2.89. The lowest BCUT2D eigenvalue weighted by Crippen LogP contribution is -2.32. The van der Waals surface area contributed by atoms with Crippen LogP contribution in [0.25, 0.3) is 0 Å². The Balaban J connectivity index is 2.06. The maximum absolute atomic E-state index is 12.7. The highest BCUT2D eigenvalue weighted by Gasteiger charge is 2.44. The predicted octanol–water partition coefficient (Wildman–Crippen LogP) is 3.05. The zero-order chi connectivity index (χ0) is 17.1. The van der Waals surface area contributed by atoms with Crippen LogP contribution in [0, 0.1) is 0 Å². The largest absolute Gasteiger partial charge is 0.503 e. The summed E-state index contributed by atoms with van der Waals surface area (Å²) in [4.78, 5) is 31.0. The third kappa shape index (κ3) is 2.71. The molecule has 2 aromatic rings. The fraction of sp³-hybridized carbons (Fsp3) is 0.278. The van der Waals surface area contributed by atoms with Crippen LogP contribution in [0.4, 0.5) is 0 Å². The molecule has 1 N–H and O–H groups in total. The van der Waals surface area contributed by atoms with E-state index in [1.807, 2.05) is 6.92 Å². The number of hydrogen-bond acceptors (Lipinski definition) is 5. The number of hydrogen-bond donors (Lipinski definition) is 1. The first-order valence-electron chi connectivity index (χ1n) is 7.88. The third-order valence-corrected chi connectivity index (χ3v) is 4.01. The van der Waals surface area contributed by atoms with E-state index in [4.69, 9.17) is 4.42 Å². The molecule has 0 fully saturated rings. The molecule has 2 aromatic heterocycles. The topological polar surface area (TPSA) is 83.6 Å². The molecule has 0 spiro atoms. The van der Waals surface area contributed by atoms with Crippen LogP contribution in [-0.4, -0.2) is 33.2 Å². The number of carbonyl (C=O) groups is 2. The average Bonchev–Trinajstić information content (AvgIpc) is 3.22. The van der Waals surface area contributed by atoms with Gasteiger partial charge >= 0.3 is 0 Å². The second kappa shape index (κ2) is 6.70. The summed E-state index contributed by atoms with van der Waals surface area (Å²) in [6.45, 7) is 2.45. The van der Waals surface area contributed by atoms with E-state index in [-0.39, 0.29) is 11.3 Å². The van der Waals surface area contributed by atoms with Crippen LogP contribution in [-0.2, 0) is 4.79 Å². The van der Waals surface area contributed by atoms with Crippen LogP contribution >= 0.6 is 0 Å². The van der Waals surface area contributed by atoms with Gasteiger partial charge in [0.1, 0.15) is 6.04 Å². The maximum atomic E-state index is 12.7. The second-order valence-electron chi connectivity index (χ2n) is 5.58. The van der Waals surface area contributed by atoms with Gasteiger partial charge in [0.25, 0.3) is 5.91 Å². The molecule has 0 aromatic carbocycles. The summed E-state index contributed by atoms with van der Waals surface area (Å²) >= 11 is 0. The molecule has 24 heavy (non-hydrogen) atoms. The number of nitrogens with zero attached hydrogens (tertiary/aromatic N) is 2. The van der Waals surface area contributed by atoms with Crippen molar-refractivity contribution in [2.24, 2.45) is 0 Å². The first kappa shape index (κ1) is 16.0. The van der Waals surface area contributed by atoms with Gasteiger partial charge in [-0.25, -0.2) is 0 Å². The van der Waals surface area contributed by atoms with E-state index in [9.17, 15) is 14.7 Å². The summed E-state index contributed by atoms with van der Waals surface area (Å²) in [5.74, 6) is -1.49. The Bertz CT molecular complexity index is 766. The Morgan fingerprint density at radius 1 is 1.33 bits per heavy atom. The second-order valence-corrected chi connectivity index (χ2v) is 5.58. The fourth-order valence-electron chi connectivity index (χ4n) is 2.83. The van der Waals surface area contributed by atoms with Gasteiger partial charge in [0, 0.05) is 12.7 Å². The molecule has 6 nitrogen and oxygen atoms in total.